The highest BCUT2D eigenvalue weighted by molar-refractivity contribution is 7.93. The highest BCUT2D eigenvalue weighted by atomic mass is 32.2. The Labute approximate surface area is 173 Å². The van der Waals surface area contributed by atoms with E-state index in [0.717, 1.165) is 25.8 Å². The minimum Gasteiger partial charge on any atom is -0.335 e. The van der Waals surface area contributed by atoms with Gasteiger partial charge in [-0.3, -0.25) is 9.10 Å². The van der Waals surface area contributed by atoms with Crippen LogP contribution in [-0.2, 0) is 10.0 Å². The molecule has 2 atom stereocenters. The second-order valence-corrected chi connectivity index (χ2v) is 9.93. The molecule has 29 heavy (non-hydrogen) atoms. The molecule has 1 amide bonds. The lowest BCUT2D eigenvalue weighted by atomic mass is 9.87. The summed E-state index contributed by atoms with van der Waals surface area (Å²) in [5, 5.41) is 0. The van der Waals surface area contributed by atoms with E-state index in [9.17, 15) is 13.2 Å². The third-order valence-electron chi connectivity index (χ3n) is 6.19. The Bertz CT molecular complexity index is 957. The van der Waals surface area contributed by atoms with Crippen molar-refractivity contribution in [3.8, 4) is 0 Å². The lowest BCUT2D eigenvalue weighted by Crippen LogP contribution is -2.39. The summed E-state index contributed by atoms with van der Waals surface area (Å²) in [6.07, 6.45) is 3.67. The highest BCUT2D eigenvalue weighted by Gasteiger charge is 2.35. The van der Waals surface area contributed by atoms with Gasteiger partial charge in [-0.1, -0.05) is 37.3 Å². The maximum Gasteiger partial charge on any atom is 0.254 e. The van der Waals surface area contributed by atoms with Crippen LogP contribution in [0.1, 0.15) is 54.4 Å². The summed E-state index contributed by atoms with van der Waals surface area (Å²) in [5.74, 6) is 0.565. The first-order valence-electron chi connectivity index (χ1n) is 10.5. The molecule has 0 aromatic heterocycles. The van der Waals surface area contributed by atoms with Crippen molar-refractivity contribution in [3.05, 3.63) is 65.7 Å². The Morgan fingerprint density at radius 1 is 1.03 bits per heavy atom. The number of sulfonamides is 1. The number of carbonyl (C=O) groups is 1. The van der Waals surface area contributed by atoms with Crippen LogP contribution >= 0.6 is 0 Å². The van der Waals surface area contributed by atoms with E-state index in [0.29, 0.717) is 30.1 Å². The van der Waals surface area contributed by atoms with Crippen LogP contribution < -0.4 is 4.31 Å². The van der Waals surface area contributed by atoms with Crippen molar-refractivity contribution in [1.29, 1.82) is 0 Å². The number of benzene rings is 2. The Morgan fingerprint density at radius 2 is 1.76 bits per heavy atom. The molecule has 2 aliphatic heterocycles. The standard InChI is InChI=1S/C23H28N2O3S/c1-2-21(18-8-4-3-5-9-18)22-10-6-15-24(22)23(26)19-11-13-20(14-12-19)25-16-7-17-29(25,27)28/h3-5,8-9,11-14,21-22H,2,6-7,10,15-17H2,1H3/t21-,22+/m1/s1. The number of carbonyl (C=O) groups excluding carboxylic acids is 1. The summed E-state index contributed by atoms with van der Waals surface area (Å²) in [5.41, 5.74) is 2.56. The van der Waals surface area contributed by atoms with Crippen LogP contribution in [-0.4, -0.2) is 44.1 Å². The van der Waals surface area contributed by atoms with Crippen molar-refractivity contribution in [2.24, 2.45) is 0 Å². The SMILES string of the molecule is CC[C@H](c1ccccc1)[C@@H]1CCCN1C(=O)c1ccc(N2CCCS2(=O)=O)cc1. The van der Waals surface area contributed by atoms with Crippen molar-refractivity contribution in [1.82, 2.24) is 4.90 Å². The molecule has 5 nitrogen and oxygen atoms in total. The second-order valence-electron chi connectivity index (χ2n) is 7.92. The first kappa shape index (κ1) is 20.0. The van der Waals surface area contributed by atoms with Crippen LogP contribution in [0.25, 0.3) is 0 Å². The first-order valence-corrected chi connectivity index (χ1v) is 12.1. The summed E-state index contributed by atoms with van der Waals surface area (Å²) < 4.78 is 25.7. The fourth-order valence-corrected chi connectivity index (χ4v) is 6.32. The van der Waals surface area contributed by atoms with Crippen molar-refractivity contribution in [3.63, 3.8) is 0 Å². The Kier molecular flexibility index (Phi) is 5.63. The molecule has 2 heterocycles. The second kappa shape index (κ2) is 8.19. The molecular formula is C23H28N2O3S. The number of likely N-dealkylation sites (tertiary alicyclic amines) is 1. The van der Waals surface area contributed by atoms with Gasteiger partial charge in [-0.25, -0.2) is 8.42 Å². The third kappa shape index (κ3) is 3.90. The smallest absolute Gasteiger partial charge is 0.254 e. The molecule has 2 aromatic rings. The number of rotatable bonds is 5. The number of nitrogens with zero attached hydrogens (tertiary/aromatic N) is 2. The van der Waals surface area contributed by atoms with E-state index in [2.05, 4.69) is 31.2 Å². The predicted molar refractivity (Wildman–Crippen MR) is 116 cm³/mol. The molecule has 2 saturated heterocycles. The molecule has 0 aliphatic carbocycles. The van der Waals surface area contributed by atoms with Crippen LogP contribution in [0.5, 0.6) is 0 Å². The van der Waals surface area contributed by atoms with Gasteiger partial charge in [0.1, 0.15) is 0 Å². The lowest BCUT2D eigenvalue weighted by Gasteiger charge is -2.32. The summed E-state index contributed by atoms with van der Waals surface area (Å²) in [7, 11) is -3.20. The predicted octanol–water partition coefficient (Wildman–Crippen LogP) is 4.02. The largest absolute Gasteiger partial charge is 0.335 e. The zero-order valence-corrected chi connectivity index (χ0v) is 17.6. The molecule has 0 bridgehead atoms. The fourth-order valence-electron chi connectivity index (χ4n) is 4.76. The molecule has 0 saturated carbocycles. The maximum atomic E-state index is 13.3. The molecule has 4 rings (SSSR count). The third-order valence-corrected chi connectivity index (χ3v) is 8.06. The quantitative estimate of drug-likeness (QED) is 0.745. The van der Waals surface area contributed by atoms with E-state index in [1.54, 1.807) is 24.3 Å². The van der Waals surface area contributed by atoms with Gasteiger partial charge in [0.2, 0.25) is 10.0 Å². The van der Waals surface area contributed by atoms with Crippen LogP contribution in [0.15, 0.2) is 54.6 Å². The van der Waals surface area contributed by atoms with Crippen LogP contribution in [0.4, 0.5) is 5.69 Å². The van der Waals surface area contributed by atoms with Crippen LogP contribution in [0.3, 0.4) is 0 Å². The minimum atomic E-state index is -3.20. The molecule has 2 aromatic carbocycles. The van der Waals surface area contributed by atoms with Gasteiger partial charge in [0, 0.05) is 30.6 Å². The zero-order chi connectivity index (χ0) is 20.4. The first-order chi connectivity index (χ1) is 14.0. The molecule has 2 aliphatic rings. The van der Waals surface area contributed by atoms with E-state index < -0.39 is 10.0 Å². The van der Waals surface area contributed by atoms with Crippen molar-refractivity contribution in [2.75, 3.05) is 23.1 Å². The minimum absolute atomic E-state index is 0.0395. The molecule has 0 radical (unpaired) electrons. The van der Waals surface area contributed by atoms with Gasteiger partial charge in [0.05, 0.1) is 11.4 Å². The average molecular weight is 413 g/mol. The molecule has 0 unspecified atom stereocenters. The Balaban J connectivity index is 1.54. The van der Waals surface area contributed by atoms with E-state index in [-0.39, 0.29) is 17.7 Å². The normalized spacial score (nSPS) is 22.0. The van der Waals surface area contributed by atoms with Gasteiger partial charge < -0.3 is 4.90 Å². The van der Waals surface area contributed by atoms with Gasteiger partial charge in [-0.15, -0.1) is 0 Å². The van der Waals surface area contributed by atoms with Crippen molar-refractivity contribution >= 4 is 21.6 Å². The highest BCUT2D eigenvalue weighted by Crippen LogP contribution is 2.34. The Morgan fingerprint density at radius 3 is 2.38 bits per heavy atom. The van der Waals surface area contributed by atoms with E-state index in [1.165, 1.54) is 9.87 Å². The van der Waals surface area contributed by atoms with Crippen molar-refractivity contribution < 1.29 is 13.2 Å². The van der Waals surface area contributed by atoms with Gasteiger partial charge in [0.15, 0.2) is 0 Å². The summed E-state index contributed by atoms with van der Waals surface area (Å²) in [6, 6.07) is 17.7. The van der Waals surface area contributed by atoms with Gasteiger partial charge >= 0.3 is 0 Å². The molecule has 6 heteroatoms. The average Bonchev–Trinajstić information content (AvgIpc) is 3.35. The number of hydrogen-bond acceptors (Lipinski definition) is 3. The van der Waals surface area contributed by atoms with Crippen molar-refractivity contribution in [2.45, 2.75) is 44.6 Å². The van der Waals surface area contributed by atoms with Crippen LogP contribution in [0, 0.1) is 0 Å². The van der Waals surface area contributed by atoms with Gasteiger partial charge in [0.25, 0.3) is 5.91 Å². The molecule has 2 fully saturated rings. The molecular weight excluding hydrogens is 384 g/mol. The maximum absolute atomic E-state index is 13.3. The summed E-state index contributed by atoms with van der Waals surface area (Å²) in [6.45, 7) is 3.47. The van der Waals surface area contributed by atoms with E-state index in [4.69, 9.17) is 0 Å². The van der Waals surface area contributed by atoms with E-state index >= 15 is 0 Å². The lowest BCUT2D eigenvalue weighted by molar-refractivity contribution is 0.0714. The van der Waals surface area contributed by atoms with Crippen LogP contribution in [0.2, 0.25) is 0 Å². The van der Waals surface area contributed by atoms with E-state index in [1.807, 2.05) is 11.0 Å². The van der Waals surface area contributed by atoms with Gasteiger partial charge in [-0.2, -0.15) is 0 Å². The van der Waals surface area contributed by atoms with Gasteiger partial charge in [-0.05, 0) is 55.5 Å². The molecule has 154 valence electrons. The topological polar surface area (TPSA) is 57.7 Å². The molecule has 0 N–H and O–H groups in total. The number of anilines is 1. The number of hydrogen-bond donors (Lipinski definition) is 0. The number of amides is 1. The summed E-state index contributed by atoms with van der Waals surface area (Å²) >= 11 is 0. The summed E-state index contributed by atoms with van der Waals surface area (Å²) in [4.78, 5) is 15.3. The zero-order valence-electron chi connectivity index (χ0n) is 16.8. The molecule has 0 spiro atoms. The Hall–Kier alpha value is -2.34. The fraction of sp³-hybridized carbons (Fsp3) is 0.435. The monoisotopic (exact) mass is 412 g/mol.